The minimum Gasteiger partial charge on any atom is -0.399 e. The lowest BCUT2D eigenvalue weighted by Crippen LogP contribution is -2.00. The van der Waals surface area contributed by atoms with E-state index in [-0.39, 0.29) is 0 Å². The van der Waals surface area contributed by atoms with Gasteiger partial charge in [-0.25, -0.2) is 0 Å². The van der Waals surface area contributed by atoms with E-state index in [1.165, 1.54) is 5.56 Å². The van der Waals surface area contributed by atoms with Gasteiger partial charge < -0.3 is 16.8 Å². The monoisotopic (exact) mass is 213 g/mol. The van der Waals surface area contributed by atoms with Crippen molar-refractivity contribution in [2.45, 2.75) is 6.54 Å². The smallest absolute Gasteiger partial charge is 0.0400 e. The molecule has 0 amide bonds. The largest absolute Gasteiger partial charge is 0.399 e. The van der Waals surface area contributed by atoms with Crippen LogP contribution >= 0.6 is 0 Å². The molecule has 2 rings (SSSR count). The zero-order chi connectivity index (χ0) is 11.4. The first kappa shape index (κ1) is 10.4. The lowest BCUT2D eigenvalue weighted by molar-refractivity contribution is 1.15. The van der Waals surface area contributed by atoms with Crippen molar-refractivity contribution in [2.75, 3.05) is 16.8 Å². The molecule has 0 bridgehead atoms. The van der Waals surface area contributed by atoms with E-state index in [0.717, 1.165) is 12.2 Å². The van der Waals surface area contributed by atoms with Crippen LogP contribution in [0.4, 0.5) is 17.1 Å². The third-order valence-corrected chi connectivity index (χ3v) is 2.32. The molecule has 82 valence electrons. The normalized spacial score (nSPS) is 10.0. The van der Waals surface area contributed by atoms with E-state index in [1.54, 1.807) is 6.07 Å². The van der Waals surface area contributed by atoms with E-state index in [9.17, 15) is 0 Å². The molecule has 0 aromatic heterocycles. The van der Waals surface area contributed by atoms with Gasteiger partial charge in [-0.2, -0.15) is 0 Å². The first-order valence-corrected chi connectivity index (χ1v) is 5.18. The second kappa shape index (κ2) is 4.57. The molecule has 0 aliphatic carbocycles. The van der Waals surface area contributed by atoms with Crippen molar-refractivity contribution >= 4 is 17.1 Å². The van der Waals surface area contributed by atoms with Crippen molar-refractivity contribution in [2.24, 2.45) is 0 Å². The van der Waals surface area contributed by atoms with Crippen LogP contribution in [-0.2, 0) is 6.54 Å². The van der Waals surface area contributed by atoms with Gasteiger partial charge >= 0.3 is 0 Å². The number of hydrogen-bond acceptors (Lipinski definition) is 3. The Kier molecular flexibility index (Phi) is 2.96. The van der Waals surface area contributed by atoms with Gasteiger partial charge in [-0.3, -0.25) is 0 Å². The minimum absolute atomic E-state index is 0.676. The number of rotatable bonds is 3. The Bertz CT molecular complexity index is 446. The van der Waals surface area contributed by atoms with Gasteiger partial charge in [0.1, 0.15) is 0 Å². The predicted octanol–water partition coefficient (Wildman–Crippen LogP) is 2.46. The second-order valence-electron chi connectivity index (χ2n) is 3.73. The standard InChI is InChI=1S/C13H15N3/c14-11-6-12(15)8-13(7-11)16-9-10-4-2-1-3-5-10/h1-8,16H,9,14-15H2. The maximum absolute atomic E-state index is 5.71. The molecule has 0 fully saturated rings. The van der Waals surface area contributed by atoms with Gasteiger partial charge in [0, 0.05) is 23.6 Å². The molecular weight excluding hydrogens is 198 g/mol. The van der Waals surface area contributed by atoms with Crippen LogP contribution in [0.2, 0.25) is 0 Å². The van der Waals surface area contributed by atoms with Gasteiger partial charge in [0.2, 0.25) is 0 Å². The predicted molar refractivity (Wildman–Crippen MR) is 69.0 cm³/mol. The van der Waals surface area contributed by atoms with Crippen LogP contribution in [0.25, 0.3) is 0 Å². The maximum Gasteiger partial charge on any atom is 0.0400 e. The Hall–Kier alpha value is -2.16. The molecule has 0 saturated carbocycles. The molecule has 3 nitrogen and oxygen atoms in total. The number of hydrogen-bond donors (Lipinski definition) is 3. The fourth-order valence-electron chi connectivity index (χ4n) is 1.58. The number of nitrogen functional groups attached to an aromatic ring is 2. The quantitative estimate of drug-likeness (QED) is 0.686. The summed E-state index contributed by atoms with van der Waals surface area (Å²) in [4.78, 5) is 0. The third-order valence-electron chi connectivity index (χ3n) is 2.32. The molecule has 0 heterocycles. The Morgan fingerprint density at radius 2 is 1.50 bits per heavy atom. The number of nitrogens with one attached hydrogen (secondary N) is 1. The van der Waals surface area contributed by atoms with Crippen molar-refractivity contribution in [1.29, 1.82) is 0 Å². The molecule has 5 N–H and O–H groups in total. The molecular formula is C13H15N3. The number of nitrogens with two attached hydrogens (primary N) is 2. The Balaban J connectivity index is 2.05. The third kappa shape index (κ3) is 2.67. The highest BCUT2D eigenvalue weighted by Gasteiger charge is 1.96. The molecule has 2 aromatic rings. The first-order chi connectivity index (χ1) is 7.74. The molecule has 0 aliphatic heterocycles. The average Bonchev–Trinajstić information content (AvgIpc) is 2.27. The van der Waals surface area contributed by atoms with Crippen LogP contribution in [0.3, 0.4) is 0 Å². The summed E-state index contributed by atoms with van der Waals surface area (Å²) in [7, 11) is 0. The molecule has 0 saturated heterocycles. The van der Waals surface area contributed by atoms with E-state index >= 15 is 0 Å². The van der Waals surface area contributed by atoms with Gasteiger partial charge in [-0.1, -0.05) is 30.3 Å². The number of benzene rings is 2. The zero-order valence-corrected chi connectivity index (χ0v) is 8.98. The summed E-state index contributed by atoms with van der Waals surface area (Å²) in [6.45, 7) is 0.768. The van der Waals surface area contributed by atoms with E-state index in [1.807, 2.05) is 30.3 Å². The molecule has 0 atom stereocenters. The highest BCUT2D eigenvalue weighted by molar-refractivity contribution is 5.63. The lowest BCUT2D eigenvalue weighted by atomic mass is 10.2. The van der Waals surface area contributed by atoms with E-state index in [4.69, 9.17) is 11.5 Å². The van der Waals surface area contributed by atoms with Crippen LogP contribution in [0.5, 0.6) is 0 Å². The van der Waals surface area contributed by atoms with Crippen LogP contribution in [0.15, 0.2) is 48.5 Å². The average molecular weight is 213 g/mol. The molecule has 2 aromatic carbocycles. The first-order valence-electron chi connectivity index (χ1n) is 5.18. The van der Waals surface area contributed by atoms with Crippen LogP contribution in [-0.4, -0.2) is 0 Å². The summed E-state index contributed by atoms with van der Waals surface area (Å²) in [6, 6.07) is 15.7. The summed E-state index contributed by atoms with van der Waals surface area (Å²) >= 11 is 0. The van der Waals surface area contributed by atoms with E-state index in [0.29, 0.717) is 11.4 Å². The molecule has 0 radical (unpaired) electrons. The van der Waals surface area contributed by atoms with Crippen LogP contribution in [0.1, 0.15) is 5.56 Å². The Morgan fingerprint density at radius 1 is 0.875 bits per heavy atom. The molecule has 0 spiro atoms. The van der Waals surface area contributed by atoms with Gasteiger partial charge in [0.05, 0.1) is 0 Å². The lowest BCUT2D eigenvalue weighted by Gasteiger charge is -2.08. The SMILES string of the molecule is Nc1cc(N)cc(NCc2ccccc2)c1. The Labute approximate surface area is 95.1 Å². The van der Waals surface area contributed by atoms with Crippen molar-refractivity contribution in [3.05, 3.63) is 54.1 Å². The zero-order valence-electron chi connectivity index (χ0n) is 8.98. The summed E-state index contributed by atoms with van der Waals surface area (Å²) in [5.74, 6) is 0. The van der Waals surface area contributed by atoms with Gasteiger partial charge in [-0.05, 0) is 23.8 Å². The fourth-order valence-corrected chi connectivity index (χ4v) is 1.58. The highest BCUT2D eigenvalue weighted by Crippen LogP contribution is 2.18. The van der Waals surface area contributed by atoms with E-state index < -0.39 is 0 Å². The van der Waals surface area contributed by atoms with Gasteiger partial charge in [-0.15, -0.1) is 0 Å². The summed E-state index contributed by atoms with van der Waals surface area (Å²) in [5, 5.41) is 3.28. The van der Waals surface area contributed by atoms with Crippen molar-refractivity contribution in [3.63, 3.8) is 0 Å². The maximum atomic E-state index is 5.71. The second-order valence-corrected chi connectivity index (χ2v) is 3.73. The summed E-state index contributed by atoms with van der Waals surface area (Å²) < 4.78 is 0. The van der Waals surface area contributed by atoms with Gasteiger partial charge in [0.15, 0.2) is 0 Å². The van der Waals surface area contributed by atoms with Crippen LogP contribution in [0, 0.1) is 0 Å². The fraction of sp³-hybridized carbons (Fsp3) is 0.0769. The topological polar surface area (TPSA) is 64.1 Å². The molecule has 3 heteroatoms. The number of anilines is 3. The minimum atomic E-state index is 0.676. The molecule has 16 heavy (non-hydrogen) atoms. The Morgan fingerprint density at radius 3 is 2.12 bits per heavy atom. The van der Waals surface area contributed by atoms with Crippen LogP contribution < -0.4 is 16.8 Å². The summed E-state index contributed by atoms with van der Waals surface area (Å²) in [5.41, 5.74) is 14.9. The molecule has 0 unspecified atom stereocenters. The molecule has 0 aliphatic rings. The van der Waals surface area contributed by atoms with Gasteiger partial charge in [0.25, 0.3) is 0 Å². The van der Waals surface area contributed by atoms with Crippen molar-refractivity contribution in [1.82, 2.24) is 0 Å². The highest BCUT2D eigenvalue weighted by atomic mass is 14.9. The summed E-state index contributed by atoms with van der Waals surface area (Å²) in [6.07, 6.45) is 0. The van der Waals surface area contributed by atoms with E-state index in [2.05, 4.69) is 17.4 Å². The van der Waals surface area contributed by atoms with Crippen molar-refractivity contribution < 1.29 is 0 Å². The van der Waals surface area contributed by atoms with Crippen molar-refractivity contribution in [3.8, 4) is 0 Å².